The molecule has 1 saturated heterocycles. The Morgan fingerprint density at radius 2 is 2.04 bits per heavy atom. The zero-order valence-electron chi connectivity index (χ0n) is 14.6. The van der Waals surface area contributed by atoms with Gasteiger partial charge in [0.05, 0.1) is 4.92 Å². The Balaban J connectivity index is 1.86. The van der Waals surface area contributed by atoms with Gasteiger partial charge in [-0.25, -0.2) is 0 Å². The van der Waals surface area contributed by atoms with E-state index in [4.69, 9.17) is 0 Å². The predicted molar refractivity (Wildman–Crippen MR) is 101 cm³/mol. The van der Waals surface area contributed by atoms with E-state index in [2.05, 4.69) is 10.6 Å². The Hall–Kier alpha value is -2.93. The van der Waals surface area contributed by atoms with E-state index in [9.17, 15) is 14.9 Å². The summed E-state index contributed by atoms with van der Waals surface area (Å²) < 4.78 is 0. The van der Waals surface area contributed by atoms with Gasteiger partial charge in [-0.15, -0.1) is 0 Å². The van der Waals surface area contributed by atoms with Crippen LogP contribution in [0.3, 0.4) is 0 Å². The van der Waals surface area contributed by atoms with E-state index in [1.165, 1.54) is 6.07 Å². The molecule has 3 rings (SSSR count). The molecule has 1 amide bonds. The molecule has 0 radical (unpaired) electrons. The zero-order valence-corrected chi connectivity index (χ0v) is 14.6. The first kappa shape index (κ1) is 17.9. The van der Waals surface area contributed by atoms with Crippen molar-refractivity contribution >= 4 is 23.0 Å². The molecule has 7 heteroatoms. The molecule has 2 aromatic carbocycles. The van der Waals surface area contributed by atoms with Crippen LogP contribution in [0.2, 0.25) is 0 Å². The molecule has 1 atom stereocenters. The lowest BCUT2D eigenvalue weighted by Crippen LogP contribution is -2.40. The van der Waals surface area contributed by atoms with E-state index in [1.54, 1.807) is 17.0 Å². The van der Waals surface area contributed by atoms with Crippen LogP contribution < -0.4 is 10.6 Å². The van der Waals surface area contributed by atoms with E-state index in [1.807, 2.05) is 37.4 Å². The molecular weight excluding hydrogens is 332 g/mol. The highest BCUT2D eigenvalue weighted by Gasteiger charge is 2.30. The van der Waals surface area contributed by atoms with Crippen molar-refractivity contribution in [3.63, 3.8) is 0 Å². The molecule has 0 aromatic heterocycles. The summed E-state index contributed by atoms with van der Waals surface area (Å²) in [5.41, 5.74) is 1.36. The lowest BCUT2D eigenvalue weighted by Gasteiger charge is -2.24. The van der Waals surface area contributed by atoms with Crippen molar-refractivity contribution in [3.8, 4) is 0 Å². The summed E-state index contributed by atoms with van der Waals surface area (Å²) in [5.74, 6) is -0.155. The number of nitro benzene ring substituents is 1. The van der Waals surface area contributed by atoms with Crippen LogP contribution in [-0.4, -0.2) is 41.9 Å². The summed E-state index contributed by atoms with van der Waals surface area (Å²) >= 11 is 0. The van der Waals surface area contributed by atoms with Gasteiger partial charge in [-0.05, 0) is 44.2 Å². The number of carbonyl (C=O) groups excluding carboxylic acids is 1. The van der Waals surface area contributed by atoms with Crippen LogP contribution >= 0.6 is 0 Å². The van der Waals surface area contributed by atoms with E-state index >= 15 is 0 Å². The highest BCUT2D eigenvalue weighted by atomic mass is 16.6. The predicted octanol–water partition coefficient (Wildman–Crippen LogP) is 3.16. The van der Waals surface area contributed by atoms with Crippen LogP contribution in [0.1, 0.15) is 23.2 Å². The molecule has 1 aliphatic rings. The van der Waals surface area contributed by atoms with Crippen LogP contribution in [0, 0.1) is 10.1 Å². The second-order valence-electron chi connectivity index (χ2n) is 6.33. The van der Waals surface area contributed by atoms with E-state index < -0.39 is 4.92 Å². The Labute approximate surface area is 152 Å². The van der Waals surface area contributed by atoms with Gasteiger partial charge in [-0.2, -0.15) is 0 Å². The number of hydrogen-bond donors (Lipinski definition) is 2. The van der Waals surface area contributed by atoms with Crippen molar-refractivity contribution in [3.05, 3.63) is 64.2 Å². The van der Waals surface area contributed by atoms with Gasteiger partial charge >= 0.3 is 0 Å². The topological polar surface area (TPSA) is 87.5 Å². The molecule has 7 nitrogen and oxygen atoms in total. The second-order valence-corrected chi connectivity index (χ2v) is 6.33. The highest BCUT2D eigenvalue weighted by Crippen LogP contribution is 2.30. The fourth-order valence-corrected chi connectivity index (χ4v) is 3.32. The monoisotopic (exact) mass is 354 g/mol. The Morgan fingerprint density at radius 1 is 1.27 bits per heavy atom. The lowest BCUT2D eigenvalue weighted by atomic mass is 10.1. The third-order valence-corrected chi connectivity index (χ3v) is 4.57. The van der Waals surface area contributed by atoms with Crippen LogP contribution in [0.25, 0.3) is 0 Å². The van der Waals surface area contributed by atoms with Crippen molar-refractivity contribution in [2.24, 2.45) is 0 Å². The van der Waals surface area contributed by atoms with Gasteiger partial charge in [0, 0.05) is 36.4 Å². The number of benzene rings is 2. The van der Waals surface area contributed by atoms with Crippen LogP contribution in [-0.2, 0) is 0 Å². The van der Waals surface area contributed by atoms with Gasteiger partial charge in [0.25, 0.3) is 11.6 Å². The Kier molecular flexibility index (Phi) is 5.48. The normalized spacial score (nSPS) is 16.5. The number of para-hydroxylation sites is 1. The standard InChI is InChI=1S/C19H22N4O3/c1-20-13-16-8-5-11-22(16)19(24)14-9-10-17(18(12-14)23(25)26)21-15-6-3-2-4-7-15/h2-4,6-7,9-10,12,16,20-21H,5,8,11,13H2,1H3. The van der Waals surface area contributed by atoms with Gasteiger partial charge in [-0.3, -0.25) is 14.9 Å². The molecule has 0 aliphatic carbocycles. The maximum absolute atomic E-state index is 12.8. The summed E-state index contributed by atoms with van der Waals surface area (Å²) in [6.07, 6.45) is 1.90. The fraction of sp³-hybridized carbons (Fsp3) is 0.316. The molecule has 0 bridgehead atoms. The molecule has 1 unspecified atom stereocenters. The molecule has 1 fully saturated rings. The van der Waals surface area contributed by atoms with Crippen LogP contribution in [0.15, 0.2) is 48.5 Å². The molecule has 2 aromatic rings. The van der Waals surface area contributed by atoms with Gasteiger partial charge in [0.1, 0.15) is 5.69 Å². The minimum Gasteiger partial charge on any atom is -0.350 e. The lowest BCUT2D eigenvalue weighted by molar-refractivity contribution is -0.383. The third kappa shape index (κ3) is 3.83. The summed E-state index contributed by atoms with van der Waals surface area (Å²) in [4.78, 5) is 25.7. The van der Waals surface area contributed by atoms with E-state index in [0.29, 0.717) is 17.8 Å². The molecule has 2 N–H and O–H groups in total. The summed E-state index contributed by atoms with van der Waals surface area (Å²) in [5, 5.41) is 17.6. The molecule has 0 spiro atoms. The van der Waals surface area contributed by atoms with Crippen molar-refractivity contribution in [1.29, 1.82) is 0 Å². The van der Waals surface area contributed by atoms with Crippen molar-refractivity contribution in [2.45, 2.75) is 18.9 Å². The quantitative estimate of drug-likeness (QED) is 0.614. The average molecular weight is 354 g/mol. The third-order valence-electron chi connectivity index (χ3n) is 4.57. The number of nitro groups is 1. The Bertz CT molecular complexity index is 795. The average Bonchev–Trinajstić information content (AvgIpc) is 3.11. The number of likely N-dealkylation sites (tertiary alicyclic amines) is 1. The molecule has 1 aliphatic heterocycles. The maximum Gasteiger partial charge on any atom is 0.293 e. The highest BCUT2D eigenvalue weighted by molar-refractivity contribution is 5.96. The number of hydrogen-bond acceptors (Lipinski definition) is 5. The van der Waals surface area contributed by atoms with Gasteiger partial charge in [0.15, 0.2) is 0 Å². The number of rotatable bonds is 6. The first-order valence-electron chi connectivity index (χ1n) is 8.66. The number of nitrogens with zero attached hydrogens (tertiary/aromatic N) is 2. The van der Waals surface area contributed by atoms with Crippen LogP contribution in [0.4, 0.5) is 17.1 Å². The second kappa shape index (κ2) is 7.97. The van der Waals surface area contributed by atoms with Crippen molar-refractivity contribution in [2.75, 3.05) is 25.5 Å². The first-order valence-corrected chi connectivity index (χ1v) is 8.66. The zero-order chi connectivity index (χ0) is 18.5. The molecule has 136 valence electrons. The number of nitrogens with one attached hydrogen (secondary N) is 2. The first-order chi connectivity index (χ1) is 12.6. The maximum atomic E-state index is 12.8. The van der Waals surface area contributed by atoms with Gasteiger partial charge < -0.3 is 15.5 Å². The SMILES string of the molecule is CNCC1CCCN1C(=O)c1ccc(Nc2ccccc2)c([N+](=O)[O-])c1. The smallest absolute Gasteiger partial charge is 0.293 e. The van der Waals surface area contributed by atoms with Gasteiger partial charge in [-0.1, -0.05) is 18.2 Å². The van der Waals surface area contributed by atoms with E-state index in [-0.39, 0.29) is 17.6 Å². The fourth-order valence-electron chi connectivity index (χ4n) is 3.32. The largest absolute Gasteiger partial charge is 0.350 e. The summed E-state index contributed by atoms with van der Waals surface area (Å²) in [6, 6.07) is 14.0. The van der Waals surface area contributed by atoms with Crippen molar-refractivity contribution < 1.29 is 9.72 Å². The van der Waals surface area contributed by atoms with Gasteiger partial charge in [0.2, 0.25) is 0 Å². The minimum atomic E-state index is -0.461. The Morgan fingerprint density at radius 3 is 2.73 bits per heavy atom. The number of anilines is 2. The summed E-state index contributed by atoms with van der Waals surface area (Å²) in [6.45, 7) is 1.41. The minimum absolute atomic E-state index is 0.107. The van der Waals surface area contributed by atoms with Crippen molar-refractivity contribution in [1.82, 2.24) is 10.2 Å². The molecule has 1 heterocycles. The number of likely N-dealkylation sites (N-methyl/N-ethyl adjacent to an activating group) is 1. The number of amides is 1. The number of carbonyl (C=O) groups is 1. The van der Waals surface area contributed by atoms with E-state index in [0.717, 1.165) is 25.1 Å². The molecular formula is C19H22N4O3. The molecule has 26 heavy (non-hydrogen) atoms. The van der Waals surface area contributed by atoms with Crippen LogP contribution in [0.5, 0.6) is 0 Å². The summed E-state index contributed by atoms with van der Waals surface area (Å²) in [7, 11) is 1.86. The molecule has 0 saturated carbocycles.